The lowest BCUT2D eigenvalue weighted by molar-refractivity contribution is -0.144. The van der Waals surface area contributed by atoms with Crippen molar-refractivity contribution in [2.24, 2.45) is 0 Å². The molecule has 16 heavy (non-hydrogen) atoms. The van der Waals surface area contributed by atoms with Crippen molar-refractivity contribution in [3.63, 3.8) is 0 Å². The zero-order chi connectivity index (χ0) is 11.8. The summed E-state index contributed by atoms with van der Waals surface area (Å²) < 4.78 is 10.2. The van der Waals surface area contributed by atoms with E-state index in [-0.39, 0.29) is 6.61 Å². The van der Waals surface area contributed by atoms with Crippen molar-refractivity contribution in [2.75, 3.05) is 13.2 Å². The third kappa shape index (κ3) is 5.14. The van der Waals surface area contributed by atoms with Crippen LogP contribution in [0.3, 0.4) is 0 Å². The molecule has 0 bridgehead atoms. The summed E-state index contributed by atoms with van der Waals surface area (Å²) in [5.74, 6) is -0.412. The molecule has 1 aromatic carbocycles. The van der Waals surface area contributed by atoms with Gasteiger partial charge < -0.3 is 9.47 Å². The average molecular weight is 243 g/mol. The Hall–Kier alpha value is -1.06. The van der Waals surface area contributed by atoms with Gasteiger partial charge in [0, 0.05) is 0 Å². The third-order valence-electron chi connectivity index (χ3n) is 1.91. The molecule has 0 spiro atoms. The molecule has 0 amide bonds. The largest absolute Gasteiger partial charge is 0.462 e. The summed E-state index contributed by atoms with van der Waals surface area (Å²) in [5, 5.41) is -0.603. The highest BCUT2D eigenvalue weighted by Crippen LogP contribution is 2.00. The van der Waals surface area contributed by atoms with E-state index in [2.05, 4.69) is 0 Å². The van der Waals surface area contributed by atoms with Gasteiger partial charge in [0.25, 0.3) is 0 Å². The zero-order valence-corrected chi connectivity index (χ0v) is 9.94. The summed E-state index contributed by atoms with van der Waals surface area (Å²) in [7, 11) is 0. The standard InChI is InChI=1S/C12H15ClO3/c1-10(13)12(14)16-8-7-15-9-11-5-3-2-4-6-11/h2-6,10H,7-9H2,1H3. The van der Waals surface area contributed by atoms with E-state index in [0.717, 1.165) is 5.56 Å². The summed E-state index contributed by atoms with van der Waals surface area (Å²) in [4.78, 5) is 11.0. The van der Waals surface area contributed by atoms with Crippen LogP contribution in [0.15, 0.2) is 30.3 Å². The van der Waals surface area contributed by atoms with Crippen LogP contribution >= 0.6 is 11.6 Å². The monoisotopic (exact) mass is 242 g/mol. The van der Waals surface area contributed by atoms with Gasteiger partial charge in [0.15, 0.2) is 0 Å². The van der Waals surface area contributed by atoms with Crippen LogP contribution < -0.4 is 0 Å². The summed E-state index contributed by atoms with van der Waals surface area (Å²) in [6.45, 7) is 2.72. The predicted molar refractivity (Wildman–Crippen MR) is 62.4 cm³/mol. The van der Waals surface area contributed by atoms with Crippen LogP contribution in [0.1, 0.15) is 12.5 Å². The summed E-state index contributed by atoms with van der Waals surface area (Å²) in [5.41, 5.74) is 1.10. The first kappa shape index (κ1) is 13.0. The number of alkyl halides is 1. The molecule has 0 radical (unpaired) electrons. The third-order valence-corrected chi connectivity index (χ3v) is 2.09. The number of rotatable bonds is 6. The topological polar surface area (TPSA) is 35.5 Å². The molecule has 0 fully saturated rings. The summed E-state index contributed by atoms with van der Waals surface area (Å²) in [6, 6.07) is 9.81. The highest BCUT2D eigenvalue weighted by Gasteiger charge is 2.09. The first-order chi connectivity index (χ1) is 7.70. The van der Waals surface area contributed by atoms with Crippen molar-refractivity contribution in [3.8, 4) is 0 Å². The van der Waals surface area contributed by atoms with Crippen molar-refractivity contribution in [1.82, 2.24) is 0 Å². The number of carbonyl (C=O) groups is 1. The zero-order valence-electron chi connectivity index (χ0n) is 9.19. The molecule has 1 aromatic rings. The Bertz CT molecular complexity index is 311. The SMILES string of the molecule is CC(Cl)C(=O)OCCOCc1ccccc1. The lowest BCUT2D eigenvalue weighted by Gasteiger charge is -2.06. The molecule has 1 atom stereocenters. The molecule has 0 aromatic heterocycles. The van der Waals surface area contributed by atoms with Gasteiger partial charge in [-0.15, -0.1) is 11.6 Å². The molecular formula is C12H15ClO3. The molecule has 3 nitrogen and oxygen atoms in total. The van der Waals surface area contributed by atoms with Crippen LogP contribution in [0.2, 0.25) is 0 Å². The Balaban J connectivity index is 2.07. The second-order valence-corrected chi connectivity index (χ2v) is 3.98. The molecule has 0 N–H and O–H groups in total. The van der Waals surface area contributed by atoms with Gasteiger partial charge in [-0.25, -0.2) is 0 Å². The van der Waals surface area contributed by atoms with Crippen LogP contribution in [-0.4, -0.2) is 24.6 Å². The van der Waals surface area contributed by atoms with Gasteiger partial charge in [-0.1, -0.05) is 30.3 Å². The Kier molecular flexibility index (Phi) is 5.90. The minimum absolute atomic E-state index is 0.239. The maximum atomic E-state index is 11.0. The minimum atomic E-state index is -0.603. The molecule has 0 saturated carbocycles. The number of halogens is 1. The fourth-order valence-corrected chi connectivity index (χ4v) is 1.14. The van der Waals surface area contributed by atoms with Crippen LogP contribution in [-0.2, 0) is 20.9 Å². The number of carbonyl (C=O) groups excluding carboxylic acids is 1. The quantitative estimate of drug-likeness (QED) is 0.437. The van der Waals surface area contributed by atoms with Gasteiger partial charge in [0.1, 0.15) is 12.0 Å². The molecule has 0 aliphatic carbocycles. The Morgan fingerprint density at radius 2 is 2.00 bits per heavy atom. The van der Waals surface area contributed by atoms with Gasteiger partial charge in [-0.3, -0.25) is 4.79 Å². The lowest BCUT2D eigenvalue weighted by Crippen LogP contribution is -2.17. The number of esters is 1. The maximum absolute atomic E-state index is 11.0. The molecular weight excluding hydrogens is 228 g/mol. The Morgan fingerprint density at radius 1 is 1.31 bits per heavy atom. The molecule has 88 valence electrons. The van der Waals surface area contributed by atoms with E-state index in [0.29, 0.717) is 13.2 Å². The fourth-order valence-electron chi connectivity index (χ4n) is 1.08. The van der Waals surface area contributed by atoms with Gasteiger partial charge >= 0.3 is 5.97 Å². The first-order valence-corrected chi connectivity index (χ1v) is 5.56. The van der Waals surface area contributed by atoms with E-state index in [9.17, 15) is 4.79 Å². The maximum Gasteiger partial charge on any atom is 0.323 e. The van der Waals surface area contributed by atoms with Crippen molar-refractivity contribution < 1.29 is 14.3 Å². The molecule has 0 aliphatic heterocycles. The second kappa shape index (κ2) is 7.25. The minimum Gasteiger partial charge on any atom is -0.462 e. The van der Waals surface area contributed by atoms with Gasteiger partial charge in [-0.2, -0.15) is 0 Å². The van der Waals surface area contributed by atoms with Crippen molar-refractivity contribution in [3.05, 3.63) is 35.9 Å². The molecule has 4 heteroatoms. The second-order valence-electron chi connectivity index (χ2n) is 3.32. The van der Waals surface area contributed by atoms with E-state index >= 15 is 0 Å². The van der Waals surface area contributed by atoms with Crippen LogP contribution in [0.4, 0.5) is 0 Å². The normalized spacial score (nSPS) is 12.1. The molecule has 1 rings (SSSR count). The number of hydrogen-bond donors (Lipinski definition) is 0. The van der Waals surface area contributed by atoms with E-state index in [4.69, 9.17) is 21.1 Å². The first-order valence-electron chi connectivity index (χ1n) is 5.12. The van der Waals surface area contributed by atoms with Crippen LogP contribution in [0.5, 0.6) is 0 Å². The lowest BCUT2D eigenvalue weighted by atomic mass is 10.2. The smallest absolute Gasteiger partial charge is 0.323 e. The van der Waals surface area contributed by atoms with Crippen molar-refractivity contribution >= 4 is 17.6 Å². The fraction of sp³-hybridized carbons (Fsp3) is 0.417. The van der Waals surface area contributed by atoms with E-state index < -0.39 is 11.3 Å². The number of benzene rings is 1. The van der Waals surface area contributed by atoms with Crippen LogP contribution in [0, 0.1) is 0 Å². The van der Waals surface area contributed by atoms with Gasteiger partial charge in [-0.05, 0) is 12.5 Å². The van der Waals surface area contributed by atoms with Crippen molar-refractivity contribution in [1.29, 1.82) is 0 Å². The molecule has 0 heterocycles. The van der Waals surface area contributed by atoms with E-state index in [1.54, 1.807) is 6.92 Å². The summed E-state index contributed by atoms with van der Waals surface area (Å²) >= 11 is 5.52. The highest BCUT2D eigenvalue weighted by molar-refractivity contribution is 6.29. The molecule has 0 aliphatic rings. The van der Waals surface area contributed by atoms with Crippen molar-refractivity contribution in [2.45, 2.75) is 18.9 Å². The Labute approximate surface area is 100 Å². The predicted octanol–water partition coefficient (Wildman–Crippen LogP) is 2.37. The molecule has 1 unspecified atom stereocenters. The number of ether oxygens (including phenoxy) is 2. The summed E-state index contributed by atoms with van der Waals surface area (Å²) in [6.07, 6.45) is 0. The molecule has 0 saturated heterocycles. The average Bonchev–Trinajstić information content (AvgIpc) is 2.29. The highest BCUT2D eigenvalue weighted by atomic mass is 35.5. The van der Waals surface area contributed by atoms with Gasteiger partial charge in [0.05, 0.1) is 13.2 Å². The van der Waals surface area contributed by atoms with E-state index in [1.807, 2.05) is 30.3 Å². The van der Waals surface area contributed by atoms with Gasteiger partial charge in [0.2, 0.25) is 0 Å². The number of hydrogen-bond acceptors (Lipinski definition) is 3. The van der Waals surface area contributed by atoms with E-state index in [1.165, 1.54) is 0 Å². The Morgan fingerprint density at radius 3 is 2.62 bits per heavy atom. The van der Waals surface area contributed by atoms with Crippen LogP contribution in [0.25, 0.3) is 0 Å².